The van der Waals surface area contributed by atoms with Gasteiger partial charge >= 0.3 is 5.97 Å². The third kappa shape index (κ3) is 4.11. The topological polar surface area (TPSA) is 88.1 Å². The average Bonchev–Trinajstić information content (AvgIpc) is 2.83. The van der Waals surface area contributed by atoms with Crippen molar-refractivity contribution in [1.29, 1.82) is 0 Å². The second-order valence-corrected chi connectivity index (χ2v) is 6.85. The molecule has 2 aromatic rings. The molecular weight excluding hydrogens is 438 g/mol. The summed E-state index contributed by atoms with van der Waals surface area (Å²) in [5.74, 6) is 0.226. The number of aryl methyl sites for hydroxylation is 1. The summed E-state index contributed by atoms with van der Waals surface area (Å²) in [6.07, 6.45) is 1.55. The van der Waals surface area contributed by atoms with Crippen molar-refractivity contribution in [3.8, 4) is 5.75 Å². The number of aromatic amines is 1. The molecule has 0 aliphatic heterocycles. The van der Waals surface area contributed by atoms with Crippen LogP contribution in [0.1, 0.15) is 11.4 Å². The number of H-pyrrole nitrogens is 1. The first-order valence-electron chi connectivity index (χ1n) is 5.95. The Morgan fingerprint density at radius 2 is 2.05 bits per heavy atom. The van der Waals surface area contributed by atoms with Gasteiger partial charge in [-0.1, -0.05) is 0 Å². The van der Waals surface area contributed by atoms with Gasteiger partial charge in [0.05, 0.1) is 16.1 Å². The second-order valence-electron chi connectivity index (χ2n) is 4.14. The number of halogens is 2. The number of thioether (sulfide) groups is 1. The summed E-state index contributed by atoms with van der Waals surface area (Å²) < 4.78 is 6.66. The SMILES string of the molecule is COc1c(Br)cc(/C=C(\Sc2n[nH]c(C)n2)C(=O)O)cc1Br. The van der Waals surface area contributed by atoms with Gasteiger partial charge in [-0.2, -0.15) is 0 Å². The van der Waals surface area contributed by atoms with Crippen molar-refractivity contribution >= 4 is 55.7 Å². The van der Waals surface area contributed by atoms with E-state index in [4.69, 9.17) is 4.74 Å². The molecule has 116 valence electrons. The van der Waals surface area contributed by atoms with Gasteiger partial charge in [0.25, 0.3) is 0 Å². The van der Waals surface area contributed by atoms with Gasteiger partial charge in [0.1, 0.15) is 16.5 Å². The molecule has 0 saturated carbocycles. The standard InChI is InChI=1S/C13H11Br2N3O3S/c1-6-16-13(18-17-6)22-10(12(19)20)5-7-3-8(14)11(21-2)9(15)4-7/h3-5H,1-2H3,(H,19,20)(H,16,17,18)/b10-5-. The quantitative estimate of drug-likeness (QED) is 0.533. The molecule has 1 heterocycles. The van der Waals surface area contributed by atoms with Crippen LogP contribution in [-0.4, -0.2) is 33.4 Å². The average molecular weight is 449 g/mol. The van der Waals surface area contributed by atoms with E-state index in [1.54, 1.807) is 32.2 Å². The van der Waals surface area contributed by atoms with Gasteiger partial charge in [-0.05, 0) is 74.3 Å². The number of ether oxygens (including phenoxy) is 1. The number of aromatic nitrogens is 3. The summed E-state index contributed by atoms with van der Waals surface area (Å²) in [6, 6.07) is 3.55. The molecule has 0 aliphatic rings. The third-order valence-electron chi connectivity index (χ3n) is 2.51. The van der Waals surface area contributed by atoms with Gasteiger partial charge in [0.2, 0.25) is 5.16 Å². The van der Waals surface area contributed by atoms with Crippen LogP contribution in [0.3, 0.4) is 0 Å². The zero-order valence-corrected chi connectivity index (χ0v) is 15.5. The minimum atomic E-state index is -1.05. The number of carbonyl (C=O) groups is 1. The summed E-state index contributed by atoms with van der Waals surface area (Å²) in [4.78, 5) is 15.6. The number of carboxylic acid groups (broad SMARTS) is 1. The fourth-order valence-corrected chi connectivity index (χ4v) is 3.91. The number of benzene rings is 1. The number of nitrogens with zero attached hydrogens (tertiary/aromatic N) is 2. The van der Waals surface area contributed by atoms with Gasteiger partial charge in [-0.15, -0.1) is 5.10 Å². The number of hydrogen-bond acceptors (Lipinski definition) is 5. The molecule has 0 amide bonds. The molecule has 0 spiro atoms. The van der Waals surface area contributed by atoms with E-state index in [0.29, 0.717) is 22.3 Å². The Bertz CT molecular complexity index is 723. The van der Waals surface area contributed by atoms with Crippen molar-refractivity contribution < 1.29 is 14.6 Å². The number of hydrogen-bond donors (Lipinski definition) is 2. The molecule has 0 atom stereocenters. The first-order valence-corrected chi connectivity index (χ1v) is 8.36. The highest BCUT2D eigenvalue weighted by Crippen LogP contribution is 2.36. The lowest BCUT2D eigenvalue weighted by molar-refractivity contribution is -0.131. The van der Waals surface area contributed by atoms with Gasteiger partial charge in [0, 0.05) is 0 Å². The fraction of sp³-hybridized carbons (Fsp3) is 0.154. The Kier molecular flexibility index (Phi) is 5.65. The highest BCUT2D eigenvalue weighted by atomic mass is 79.9. The number of rotatable bonds is 5. The largest absolute Gasteiger partial charge is 0.494 e. The van der Waals surface area contributed by atoms with Gasteiger partial charge < -0.3 is 9.84 Å². The summed E-state index contributed by atoms with van der Waals surface area (Å²) in [7, 11) is 1.56. The Hall–Kier alpha value is -1.32. The molecule has 6 nitrogen and oxygen atoms in total. The van der Waals surface area contributed by atoms with E-state index >= 15 is 0 Å². The van der Waals surface area contributed by atoms with E-state index in [1.807, 2.05) is 0 Å². The van der Waals surface area contributed by atoms with E-state index in [0.717, 1.165) is 20.7 Å². The van der Waals surface area contributed by atoms with Gasteiger partial charge in [0.15, 0.2) is 0 Å². The molecule has 0 unspecified atom stereocenters. The maximum absolute atomic E-state index is 11.4. The van der Waals surface area contributed by atoms with Crippen LogP contribution in [0, 0.1) is 6.92 Å². The third-order valence-corrected chi connectivity index (χ3v) is 4.57. The molecule has 9 heteroatoms. The maximum atomic E-state index is 11.4. The first kappa shape index (κ1) is 17.0. The normalized spacial score (nSPS) is 11.5. The van der Waals surface area contributed by atoms with E-state index < -0.39 is 5.97 Å². The number of aliphatic carboxylic acids is 1. The maximum Gasteiger partial charge on any atom is 0.342 e. The Morgan fingerprint density at radius 1 is 1.41 bits per heavy atom. The summed E-state index contributed by atoms with van der Waals surface area (Å²) >= 11 is 7.75. The number of nitrogens with one attached hydrogen (secondary N) is 1. The molecule has 1 aromatic heterocycles. The minimum Gasteiger partial charge on any atom is -0.494 e. The van der Waals surface area contributed by atoms with E-state index in [9.17, 15) is 9.90 Å². The minimum absolute atomic E-state index is 0.114. The highest BCUT2D eigenvalue weighted by molar-refractivity contribution is 9.11. The van der Waals surface area contributed by atoms with Crippen LogP contribution in [0.25, 0.3) is 6.08 Å². The zero-order valence-electron chi connectivity index (χ0n) is 11.6. The van der Waals surface area contributed by atoms with E-state index in [1.165, 1.54) is 0 Å². The van der Waals surface area contributed by atoms with Crippen LogP contribution >= 0.6 is 43.6 Å². The van der Waals surface area contributed by atoms with Crippen LogP contribution in [0.5, 0.6) is 5.75 Å². The second kappa shape index (κ2) is 7.30. The van der Waals surface area contributed by atoms with Crippen LogP contribution in [-0.2, 0) is 4.79 Å². The first-order chi connectivity index (χ1) is 10.4. The lowest BCUT2D eigenvalue weighted by Crippen LogP contribution is -1.97. The van der Waals surface area contributed by atoms with Crippen molar-refractivity contribution in [3.05, 3.63) is 37.4 Å². The lowest BCUT2D eigenvalue weighted by Gasteiger charge is -2.07. The molecule has 1 aromatic carbocycles. The summed E-state index contributed by atoms with van der Waals surface area (Å²) in [5.41, 5.74) is 0.705. The Morgan fingerprint density at radius 3 is 2.50 bits per heavy atom. The van der Waals surface area contributed by atoms with Gasteiger partial charge in [-0.25, -0.2) is 9.78 Å². The lowest BCUT2D eigenvalue weighted by atomic mass is 10.2. The van der Waals surface area contributed by atoms with Crippen molar-refractivity contribution in [1.82, 2.24) is 15.2 Å². The molecule has 2 N–H and O–H groups in total. The molecule has 2 rings (SSSR count). The van der Waals surface area contributed by atoms with E-state index in [2.05, 4.69) is 47.0 Å². The summed E-state index contributed by atoms with van der Waals surface area (Å²) in [6.45, 7) is 1.75. The zero-order chi connectivity index (χ0) is 16.3. The molecule has 0 fully saturated rings. The fourth-order valence-electron chi connectivity index (χ4n) is 1.61. The monoisotopic (exact) mass is 447 g/mol. The highest BCUT2D eigenvalue weighted by Gasteiger charge is 2.14. The molecule has 0 bridgehead atoms. The molecule has 22 heavy (non-hydrogen) atoms. The predicted molar refractivity (Wildman–Crippen MR) is 91.0 cm³/mol. The Balaban J connectivity index is 2.36. The summed E-state index contributed by atoms with van der Waals surface area (Å²) in [5, 5.41) is 16.3. The molecule has 0 radical (unpaired) electrons. The molecule has 0 saturated heterocycles. The molecule has 0 aliphatic carbocycles. The van der Waals surface area contributed by atoms with Crippen LogP contribution < -0.4 is 4.74 Å². The molecular formula is C13H11Br2N3O3S. The Labute approximate surface area is 147 Å². The van der Waals surface area contributed by atoms with Crippen molar-refractivity contribution in [2.75, 3.05) is 7.11 Å². The van der Waals surface area contributed by atoms with Crippen LogP contribution in [0.4, 0.5) is 0 Å². The van der Waals surface area contributed by atoms with Crippen LogP contribution in [0.15, 0.2) is 31.1 Å². The predicted octanol–water partition coefficient (Wildman–Crippen LogP) is 3.86. The van der Waals surface area contributed by atoms with Crippen molar-refractivity contribution in [2.45, 2.75) is 12.1 Å². The van der Waals surface area contributed by atoms with Crippen LogP contribution in [0.2, 0.25) is 0 Å². The number of methoxy groups -OCH3 is 1. The smallest absolute Gasteiger partial charge is 0.342 e. The van der Waals surface area contributed by atoms with Crippen molar-refractivity contribution in [3.63, 3.8) is 0 Å². The number of carboxylic acids is 1. The van der Waals surface area contributed by atoms with E-state index in [-0.39, 0.29) is 4.91 Å². The van der Waals surface area contributed by atoms with Crippen molar-refractivity contribution in [2.24, 2.45) is 0 Å². The van der Waals surface area contributed by atoms with Gasteiger partial charge in [-0.3, -0.25) is 5.10 Å².